The van der Waals surface area contributed by atoms with Gasteiger partial charge < -0.3 is 4.74 Å². The first-order valence-corrected chi connectivity index (χ1v) is 10.5. The minimum absolute atomic E-state index is 0.0726. The lowest BCUT2D eigenvalue weighted by Crippen LogP contribution is -2.41. The van der Waals surface area contributed by atoms with Crippen LogP contribution in [0.3, 0.4) is 0 Å². The fourth-order valence-electron chi connectivity index (χ4n) is 5.79. The van der Waals surface area contributed by atoms with Crippen LogP contribution < -0.4 is 9.64 Å². The molecule has 2 amide bonds. The van der Waals surface area contributed by atoms with Crippen molar-refractivity contribution in [1.82, 2.24) is 0 Å². The van der Waals surface area contributed by atoms with Gasteiger partial charge in [0.1, 0.15) is 5.75 Å². The van der Waals surface area contributed by atoms with Gasteiger partial charge in [-0.3, -0.25) is 9.59 Å². The molecule has 4 nitrogen and oxygen atoms in total. The van der Waals surface area contributed by atoms with Crippen molar-refractivity contribution in [3.8, 4) is 5.75 Å². The van der Waals surface area contributed by atoms with Crippen LogP contribution in [0.25, 0.3) is 0 Å². The predicted molar refractivity (Wildman–Crippen MR) is 114 cm³/mol. The highest BCUT2D eigenvalue weighted by Crippen LogP contribution is 2.61. The van der Waals surface area contributed by atoms with Gasteiger partial charge in [0.25, 0.3) is 0 Å². The summed E-state index contributed by atoms with van der Waals surface area (Å²) in [5.41, 5.74) is 5.39. The summed E-state index contributed by atoms with van der Waals surface area (Å²) in [5.74, 6) is -0.287. The maximum absolute atomic E-state index is 13.6. The summed E-state index contributed by atoms with van der Waals surface area (Å²) >= 11 is 0. The zero-order valence-electron chi connectivity index (χ0n) is 16.6. The first-order valence-electron chi connectivity index (χ1n) is 10.5. The van der Waals surface area contributed by atoms with Crippen LogP contribution in [0.4, 0.5) is 5.69 Å². The Labute approximate surface area is 175 Å². The molecule has 1 aliphatic heterocycles. The molecule has 30 heavy (non-hydrogen) atoms. The molecular weight excluding hydrogens is 374 g/mol. The molecule has 4 aliphatic rings. The smallest absolute Gasteiger partial charge is 0.238 e. The Morgan fingerprint density at radius 3 is 1.53 bits per heavy atom. The van der Waals surface area contributed by atoms with Gasteiger partial charge in [-0.1, -0.05) is 48.5 Å². The molecule has 2 atom stereocenters. The third kappa shape index (κ3) is 2.16. The molecule has 0 aromatic heterocycles. The summed E-state index contributed by atoms with van der Waals surface area (Å²) in [6, 6.07) is 23.9. The normalized spacial score (nSPS) is 25.7. The lowest BCUT2D eigenvalue weighted by Gasteiger charge is -2.45. The Bertz CT molecular complexity index is 1070. The van der Waals surface area contributed by atoms with Gasteiger partial charge in [0.2, 0.25) is 11.8 Å². The number of anilines is 1. The van der Waals surface area contributed by atoms with E-state index in [1.807, 2.05) is 43.3 Å². The second kappa shape index (κ2) is 6.30. The first-order chi connectivity index (χ1) is 14.7. The third-order valence-corrected chi connectivity index (χ3v) is 6.85. The lowest BCUT2D eigenvalue weighted by molar-refractivity contribution is -0.122. The van der Waals surface area contributed by atoms with Crippen molar-refractivity contribution < 1.29 is 14.3 Å². The highest BCUT2D eigenvalue weighted by Gasteiger charge is 2.61. The van der Waals surface area contributed by atoms with E-state index in [-0.39, 0.29) is 35.5 Å². The molecule has 3 aromatic carbocycles. The van der Waals surface area contributed by atoms with E-state index >= 15 is 0 Å². The molecule has 0 spiro atoms. The second-order valence-electron chi connectivity index (χ2n) is 8.20. The number of hydrogen-bond acceptors (Lipinski definition) is 3. The molecule has 1 fully saturated rings. The Kier molecular flexibility index (Phi) is 3.66. The average molecular weight is 395 g/mol. The van der Waals surface area contributed by atoms with Gasteiger partial charge in [0.15, 0.2) is 0 Å². The Morgan fingerprint density at radius 2 is 1.13 bits per heavy atom. The topological polar surface area (TPSA) is 46.6 Å². The molecule has 3 aromatic rings. The number of ether oxygens (including phenoxy) is 1. The van der Waals surface area contributed by atoms with Crippen molar-refractivity contribution in [2.45, 2.75) is 18.8 Å². The largest absolute Gasteiger partial charge is 0.494 e. The van der Waals surface area contributed by atoms with Gasteiger partial charge >= 0.3 is 0 Å². The monoisotopic (exact) mass is 395 g/mol. The van der Waals surface area contributed by atoms with Gasteiger partial charge in [0.05, 0.1) is 24.1 Å². The number of hydrogen-bond donors (Lipinski definition) is 0. The van der Waals surface area contributed by atoms with E-state index in [1.54, 1.807) is 12.1 Å². The lowest BCUT2D eigenvalue weighted by atomic mass is 9.55. The summed E-state index contributed by atoms with van der Waals surface area (Å²) in [6.45, 7) is 2.50. The third-order valence-electron chi connectivity index (χ3n) is 6.85. The van der Waals surface area contributed by atoms with E-state index in [1.165, 1.54) is 27.2 Å². The van der Waals surface area contributed by atoms with Gasteiger partial charge in [-0.05, 0) is 53.4 Å². The van der Waals surface area contributed by atoms with E-state index in [9.17, 15) is 9.59 Å². The van der Waals surface area contributed by atoms with E-state index in [4.69, 9.17) is 4.74 Å². The van der Waals surface area contributed by atoms with Crippen LogP contribution in [0.5, 0.6) is 5.75 Å². The van der Waals surface area contributed by atoms with Crippen molar-refractivity contribution in [1.29, 1.82) is 0 Å². The summed E-state index contributed by atoms with van der Waals surface area (Å²) < 4.78 is 5.51. The number of carbonyl (C=O) groups excluding carboxylic acids is 2. The molecule has 0 N–H and O–H groups in total. The maximum Gasteiger partial charge on any atom is 0.238 e. The summed E-state index contributed by atoms with van der Waals surface area (Å²) in [4.78, 5) is 28.7. The number of rotatable bonds is 3. The van der Waals surface area contributed by atoms with Crippen LogP contribution >= 0.6 is 0 Å². The summed E-state index contributed by atoms with van der Waals surface area (Å²) in [7, 11) is 0. The second-order valence-corrected chi connectivity index (χ2v) is 8.20. The highest BCUT2D eigenvalue weighted by molar-refractivity contribution is 6.23. The van der Waals surface area contributed by atoms with Crippen molar-refractivity contribution in [3.05, 3.63) is 95.1 Å². The average Bonchev–Trinajstić information content (AvgIpc) is 3.05. The fourth-order valence-corrected chi connectivity index (χ4v) is 5.79. The molecule has 2 bridgehead atoms. The van der Waals surface area contributed by atoms with Crippen molar-refractivity contribution >= 4 is 17.5 Å². The van der Waals surface area contributed by atoms with Crippen LogP contribution in [0.2, 0.25) is 0 Å². The number of nitrogens with zero attached hydrogens (tertiary/aromatic N) is 1. The van der Waals surface area contributed by atoms with E-state index in [0.717, 1.165) is 5.75 Å². The van der Waals surface area contributed by atoms with E-state index in [2.05, 4.69) is 24.3 Å². The maximum atomic E-state index is 13.6. The minimum atomic E-state index is -0.348. The molecule has 1 saturated heterocycles. The Morgan fingerprint density at radius 1 is 0.700 bits per heavy atom. The van der Waals surface area contributed by atoms with Crippen molar-refractivity contribution in [2.75, 3.05) is 11.5 Å². The van der Waals surface area contributed by atoms with Gasteiger partial charge in [-0.25, -0.2) is 4.90 Å². The molecule has 0 saturated carbocycles. The molecular formula is C26H21NO3. The van der Waals surface area contributed by atoms with Gasteiger partial charge in [0, 0.05) is 11.8 Å². The number of amides is 2. The highest BCUT2D eigenvalue weighted by atomic mass is 16.5. The van der Waals surface area contributed by atoms with Crippen LogP contribution in [0.15, 0.2) is 72.8 Å². The minimum Gasteiger partial charge on any atom is -0.494 e. The van der Waals surface area contributed by atoms with Crippen LogP contribution in [0, 0.1) is 11.8 Å². The summed E-state index contributed by atoms with van der Waals surface area (Å²) in [6.07, 6.45) is 0. The quantitative estimate of drug-likeness (QED) is 0.614. The summed E-state index contributed by atoms with van der Waals surface area (Å²) in [5, 5.41) is 0. The molecule has 148 valence electrons. The number of carbonyl (C=O) groups is 2. The number of benzene rings is 3. The van der Waals surface area contributed by atoms with Crippen molar-refractivity contribution in [2.24, 2.45) is 11.8 Å². The van der Waals surface area contributed by atoms with Crippen molar-refractivity contribution in [3.63, 3.8) is 0 Å². The van der Waals surface area contributed by atoms with Crippen LogP contribution in [-0.4, -0.2) is 18.4 Å². The van der Waals surface area contributed by atoms with Crippen LogP contribution in [-0.2, 0) is 9.59 Å². The molecule has 2 unspecified atom stereocenters. The molecule has 1 heterocycles. The Balaban J connectivity index is 1.49. The predicted octanol–water partition coefficient (Wildman–Crippen LogP) is 4.48. The number of imide groups is 1. The first kappa shape index (κ1) is 17.5. The van der Waals surface area contributed by atoms with E-state index in [0.29, 0.717) is 12.3 Å². The SMILES string of the molecule is CCOc1ccc(N2C(=O)C3C4c5ccccc5C(c5ccccc54)C3C2=O)cc1. The molecule has 3 aliphatic carbocycles. The van der Waals surface area contributed by atoms with E-state index < -0.39 is 0 Å². The van der Waals surface area contributed by atoms with Gasteiger partial charge in [-0.2, -0.15) is 0 Å². The molecule has 0 radical (unpaired) electrons. The zero-order chi connectivity index (χ0) is 20.4. The van der Waals surface area contributed by atoms with Crippen LogP contribution in [0.1, 0.15) is 41.0 Å². The van der Waals surface area contributed by atoms with Gasteiger partial charge in [-0.15, -0.1) is 0 Å². The molecule has 4 heteroatoms. The Hall–Kier alpha value is -3.40. The zero-order valence-corrected chi connectivity index (χ0v) is 16.6. The fraction of sp³-hybridized carbons (Fsp3) is 0.231. The molecule has 7 rings (SSSR count). The standard InChI is InChI=1S/C26H21NO3/c1-2-30-16-13-11-15(12-14-16)27-25(28)23-21-17-7-3-4-8-18(17)22(24(23)26(27)29)20-10-6-5-9-19(20)21/h3-14,21-24H,2H2,1H3.